The molecule has 0 aliphatic rings. The highest BCUT2D eigenvalue weighted by Crippen LogP contribution is 2.22. The summed E-state index contributed by atoms with van der Waals surface area (Å²) in [5.74, 6) is 0.347. The van der Waals surface area contributed by atoms with Crippen LogP contribution in [0, 0.1) is 0 Å². The first-order chi connectivity index (χ1) is 9.94. The molecule has 0 amide bonds. The normalized spacial score (nSPS) is 10.9. The van der Waals surface area contributed by atoms with Gasteiger partial charge in [-0.05, 0) is 43.3 Å². The highest BCUT2D eigenvalue weighted by atomic mass is 32.2. The molecule has 0 bridgehead atoms. The highest BCUT2D eigenvalue weighted by Gasteiger charge is 2.13. The van der Waals surface area contributed by atoms with Gasteiger partial charge in [0.25, 0.3) is 0 Å². The van der Waals surface area contributed by atoms with E-state index in [9.17, 15) is 13.2 Å². The Kier molecular flexibility index (Phi) is 4.59. The Morgan fingerprint density at radius 3 is 2.14 bits per heavy atom. The largest absolute Gasteiger partial charge is 0.457 e. The molecule has 0 aliphatic heterocycles. The van der Waals surface area contributed by atoms with Crippen molar-refractivity contribution in [1.29, 1.82) is 0 Å². The van der Waals surface area contributed by atoms with Gasteiger partial charge < -0.3 is 4.74 Å². The average Bonchev–Trinajstić information content (AvgIpc) is 2.40. The van der Waals surface area contributed by atoms with Gasteiger partial charge in [0.2, 0.25) is 10.0 Å². The van der Waals surface area contributed by atoms with E-state index < -0.39 is 21.6 Å². The molecule has 2 aromatic carbocycles. The highest BCUT2D eigenvalue weighted by molar-refractivity contribution is 7.93. The smallest absolute Gasteiger partial charge is 0.239 e. The zero-order valence-electron chi connectivity index (χ0n) is 11.4. The first-order valence-electron chi connectivity index (χ1n) is 6.27. The summed E-state index contributed by atoms with van der Waals surface area (Å²) < 4.78 is 31.2. The molecule has 0 spiro atoms. The zero-order chi connectivity index (χ0) is 15.3. The van der Waals surface area contributed by atoms with Gasteiger partial charge in [0.05, 0.1) is 0 Å². The molecular formula is C15H15NO4S. The summed E-state index contributed by atoms with van der Waals surface area (Å²) in [5.41, 5.74) is 0.386. The predicted molar refractivity (Wildman–Crippen MR) is 81.0 cm³/mol. The first kappa shape index (κ1) is 15.1. The van der Waals surface area contributed by atoms with E-state index in [1.807, 2.05) is 30.3 Å². The van der Waals surface area contributed by atoms with Crippen molar-refractivity contribution in [2.45, 2.75) is 6.92 Å². The molecule has 5 nitrogen and oxygen atoms in total. The number of Topliss-reactive ketones (excluding diaryl/α,β-unsaturated/α-hetero) is 1. The summed E-state index contributed by atoms with van der Waals surface area (Å²) >= 11 is 0. The molecule has 110 valence electrons. The third-order valence-corrected chi connectivity index (χ3v) is 3.83. The molecule has 0 saturated heterocycles. The Morgan fingerprint density at radius 1 is 1.00 bits per heavy atom. The third kappa shape index (κ3) is 4.92. The maximum Gasteiger partial charge on any atom is 0.239 e. The maximum atomic E-state index is 11.6. The number of nitrogens with one attached hydrogen (secondary N) is 1. The molecule has 2 aromatic rings. The van der Waals surface area contributed by atoms with Crippen LogP contribution in [0.15, 0.2) is 54.6 Å². The van der Waals surface area contributed by atoms with Crippen LogP contribution in [-0.2, 0) is 14.8 Å². The van der Waals surface area contributed by atoms with Crippen molar-refractivity contribution in [2.24, 2.45) is 0 Å². The lowest BCUT2D eigenvalue weighted by Crippen LogP contribution is -2.21. The fourth-order valence-corrected chi connectivity index (χ4v) is 2.80. The SMILES string of the molecule is CC(=O)CS(=O)(=O)Nc1ccc(Oc2ccccc2)cc1. The molecule has 6 heteroatoms. The molecule has 1 N–H and O–H groups in total. The second kappa shape index (κ2) is 6.41. The summed E-state index contributed by atoms with van der Waals surface area (Å²) in [6, 6.07) is 15.7. The van der Waals surface area contributed by atoms with Crippen LogP contribution in [0.4, 0.5) is 5.69 Å². The van der Waals surface area contributed by atoms with Gasteiger partial charge in [-0.25, -0.2) is 8.42 Å². The van der Waals surface area contributed by atoms with Crippen LogP contribution < -0.4 is 9.46 Å². The summed E-state index contributed by atoms with van der Waals surface area (Å²) in [7, 11) is -3.65. The number of benzene rings is 2. The lowest BCUT2D eigenvalue weighted by Gasteiger charge is -2.08. The number of carbonyl (C=O) groups excluding carboxylic acids is 1. The minimum Gasteiger partial charge on any atom is -0.457 e. The van der Waals surface area contributed by atoms with Gasteiger partial charge >= 0.3 is 0 Å². The van der Waals surface area contributed by atoms with Gasteiger partial charge in [0.1, 0.15) is 23.0 Å². The van der Waals surface area contributed by atoms with Crippen molar-refractivity contribution >= 4 is 21.5 Å². The molecule has 21 heavy (non-hydrogen) atoms. The van der Waals surface area contributed by atoms with E-state index in [2.05, 4.69) is 4.72 Å². The number of para-hydroxylation sites is 1. The average molecular weight is 305 g/mol. The van der Waals surface area contributed by atoms with Gasteiger partial charge in [-0.15, -0.1) is 0 Å². The molecule has 0 saturated carbocycles. The van der Waals surface area contributed by atoms with Gasteiger partial charge in [0.15, 0.2) is 0 Å². The number of carbonyl (C=O) groups is 1. The van der Waals surface area contributed by atoms with E-state index in [4.69, 9.17) is 4.74 Å². The van der Waals surface area contributed by atoms with Crippen LogP contribution in [0.25, 0.3) is 0 Å². The molecule has 0 radical (unpaired) electrons. The monoisotopic (exact) mass is 305 g/mol. The third-order valence-electron chi connectivity index (χ3n) is 2.50. The van der Waals surface area contributed by atoms with Crippen molar-refractivity contribution in [3.63, 3.8) is 0 Å². The van der Waals surface area contributed by atoms with Crippen LogP contribution in [0.3, 0.4) is 0 Å². The molecule has 0 aromatic heterocycles. The molecule has 0 fully saturated rings. The predicted octanol–water partition coefficient (Wildman–Crippen LogP) is 2.81. The van der Waals surface area contributed by atoms with Gasteiger partial charge in [-0.3, -0.25) is 9.52 Å². The van der Waals surface area contributed by atoms with E-state index in [0.717, 1.165) is 0 Å². The molecule has 0 aliphatic carbocycles. The lowest BCUT2D eigenvalue weighted by molar-refractivity contribution is -0.114. The second-order valence-electron chi connectivity index (χ2n) is 4.50. The number of anilines is 1. The molecule has 0 unspecified atom stereocenters. The maximum absolute atomic E-state index is 11.6. The molecular weight excluding hydrogens is 290 g/mol. The topological polar surface area (TPSA) is 72.5 Å². The van der Waals surface area contributed by atoms with Crippen LogP contribution in [-0.4, -0.2) is 20.0 Å². The minimum absolute atomic E-state index is 0.386. The fourth-order valence-electron chi connectivity index (χ4n) is 1.70. The van der Waals surface area contributed by atoms with Crippen molar-refractivity contribution in [3.8, 4) is 11.5 Å². The van der Waals surface area contributed by atoms with Crippen LogP contribution in [0.5, 0.6) is 11.5 Å². The number of ether oxygens (including phenoxy) is 1. The number of hydrogen-bond donors (Lipinski definition) is 1. The molecule has 0 atom stereocenters. The van der Waals surface area contributed by atoms with E-state index in [1.54, 1.807) is 24.3 Å². The Morgan fingerprint density at radius 2 is 1.57 bits per heavy atom. The van der Waals surface area contributed by atoms with Crippen molar-refractivity contribution in [3.05, 3.63) is 54.6 Å². The Labute approximate surface area is 123 Å². The quantitative estimate of drug-likeness (QED) is 0.890. The molecule has 2 rings (SSSR count). The number of sulfonamides is 1. The van der Waals surface area contributed by atoms with E-state index in [0.29, 0.717) is 17.2 Å². The van der Waals surface area contributed by atoms with E-state index in [1.165, 1.54) is 6.92 Å². The van der Waals surface area contributed by atoms with Gasteiger partial charge in [-0.2, -0.15) is 0 Å². The number of ketones is 1. The van der Waals surface area contributed by atoms with E-state index >= 15 is 0 Å². The van der Waals surface area contributed by atoms with Crippen LogP contribution >= 0.6 is 0 Å². The summed E-state index contributed by atoms with van der Waals surface area (Å²) in [4.78, 5) is 10.9. The lowest BCUT2D eigenvalue weighted by atomic mass is 10.3. The van der Waals surface area contributed by atoms with Gasteiger partial charge in [-0.1, -0.05) is 18.2 Å². The number of rotatable bonds is 6. The standard InChI is InChI=1S/C15H15NO4S/c1-12(17)11-21(18,19)16-13-7-9-15(10-8-13)20-14-5-3-2-4-6-14/h2-10,16H,11H2,1H3. The Balaban J connectivity index is 2.04. The second-order valence-corrected chi connectivity index (χ2v) is 6.22. The van der Waals surface area contributed by atoms with Crippen LogP contribution in [0.2, 0.25) is 0 Å². The molecule has 0 heterocycles. The summed E-state index contributed by atoms with van der Waals surface area (Å²) in [6.07, 6.45) is 0. The van der Waals surface area contributed by atoms with E-state index in [-0.39, 0.29) is 0 Å². The van der Waals surface area contributed by atoms with Crippen molar-refractivity contribution < 1.29 is 17.9 Å². The van der Waals surface area contributed by atoms with Crippen molar-refractivity contribution in [1.82, 2.24) is 0 Å². The summed E-state index contributed by atoms with van der Waals surface area (Å²) in [6.45, 7) is 1.23. The first-order valence-corrected chi connectivity index (χ1v) is 7.93. The van der Waals surface area contributed by atoms with Crippen molar-refractivity contribution in [2.75, 3.05) is 10.5 Å². The van der Waals surface area contributed by atoms with Gasteiger partial charge in [0, 0.05) is 5.69 Å². The minimum atomic E-state index is -3.65. The Hall–Kier alpha value is -2.34. The Bertz CT molecular complexity index is 709. The number of hydrogen-bond acceptors (Lipinski definition) is 4. The zero-order valence-corrected chi connectivity index (χ0v) is 12.3. The van der Waals surface area contributed by atoms with Crippen LogP contribution in [0.1, 0.15) is 6.92 Å². The summed E-state index contributed by atoms with van der Waals surface area (Å²) in [5, 5.41) is 0. The fraction of sp³-hybridized carbons (Fsp3) is 0.133.